The minimum Gasteiger partial charge on any atom is -0.390 e. The number of aliphatic hydroxyl groups is 1. The zero-order valence-corrected chi connectivity index (χ0v) is 6.60. The highest BCUT2D eigenvalue weighted by Gasteiger charge is 1.83. The van der Waals surface area contributed by atoms with Gasteiger partial charge in [-0.1, -0.05) is 18.2 Å². The molecule has 0 amide bonds. The molecule has 0 radical (unpaired) electrons. The Hall–Kier alpha value is -0.600. The van der Waals surface area contributed by atoms with Gasteiger partial charge in [0.2, 0.25) is 0 Å². The first-order valence-corrected chi connectivity index (χ1v) is 3.20. The summed E-state index contributed by atoms with van der Waals surface area (Å²) < 4.78 is 0. The molecule has 0 unspecified atom stereocenters. The molecule has 0 fully saturated rings. The molecule has 0 aromatic carbocycles. The van der Waals surface area contributed by atoms with Crippen molar-refractivity contribution < 1.29 is 5.11 Å². The lowest BCUT2D eigenvalue weighted by Crippen LogP contribution is -1.95. The van der Waals surface area contributed by atoms with Gasteiger partial charge in [-0.2, -0.15) is 0 Å². The van der Waals surface area contributed by atoms with Crippen LogP contribution >= 0.6 is 11.6 Å². The number of hydrogen-bond acceptors (Lipinski definition) is 2. The summed E-state index contributed by atoms with van der Waals surface area (Å²) in [6, 6.07) is 0. The van der Waals surface area contributed by atoms with Crippen molar-refractivity contribution in [2.75, 3.05) is 6.61 Å². The lowest BCUT2D eigenvalue weighted by molar-refractivity contribution is 0.357. The Morgan fingerprint density at radius 2 is 2.40 bits per heavy atom. The summed E-state index contributed by atoms with van der Waals surface area (Å²) in [6.45, 7) is 5.10. The van der Waals surface area contributed by atoms with Gasteiger partial charge in [-0.25, -0.2) is 0 Å². The summed E-state index contributed by atoms with van der Waals surface area (Å²) >= 11 is 5.52. The lowest BCUT2D eigenvalue weighted by atomic mass is 10.4. The number of halogens is 1. The molecule has 0 saturated heterocycles. The Morgan fingerprint density at radius 1 is 1.80 bits per heavy atom. The van der Waals surface area contributed by atoms with Crippen molar-refractivity contribution in [2.24, 2.45) is 4.99 Å². The molecule has 10 heavy (non-hydrogen) atoms. The standard InChI is InChI=1S/C7H10ClNO/c1-3-7(8)4-9-6(2)5-10/h3-4,10H,1,5H2,2H3/b7-4+,9-6?. The highest BCUT2D eigenvalue weighted by Crippen LogP contribution is 2.00. The molecule has 0 aromatic heterocycles. The third-order valence-corrected chi connectivity index (χ3v) is 1.08. The molecule has 0 heterocycles. The Balaban J connectivity index is 4.03. The molecular formula is C7H10ClNO. The fourth-order valence-corrected chi connectivity index (χ4v) is 0.314. The second-order valence-corrected chi connectivity index (χ2v) is 2.18. The maximum Gasteiger partial charge on any atom is 0.0810 e. The van der Waals surface area contributed by atoms with E-state index in [0.717, 1.165) is 0 Å². The summed E-state index contributed by atoms with van der Waals surface area (Å²) in [5, 5.41) is 8.96. The topological polar surface area (TPSA) is 32.6 Å². The van der Waals surface area contributed by atoms with E-state index in [0.29, 0.717) is 10.7 Å². The number of rotatable bonds is 3. The fraction of sp³-hybridized carbons (Fsp3) is 0.286. The van der Waals surface area contributed by atoms with Gasteiger partial charge in [0.15, 0.2) is 0 Å². The van der Waals surface area contributed by atoms with E-state index < -0.39 is 0 Å². The quantitative estimate of drug-likeness (QED) is 0.494. The van der Waals surface area contributed by atoms with E-state index in [1.165, 1.54) is 12.3 Å². The predicted octanol–water partition coefficient (Wildman–Crippen LogP) is 1.71. The first kappa shape index (κ1) is 9.40. The Bertz CT molecular complexity index is 172. The van der Waals surface area contributed by atoms with Crippen LogP contribution in [0, 0.1) is 0 Å². The molecule has 0 atom stereocenters. The Morgan fingerprint density at radius 3 is 2.80 bits per heavy atom. The van der Waals surface area contributed by atoms with Crippen LogP contribution in [0.15, 0.2) is 28.9 Å². The number of allylic oxidation sites excluding steroid dienone is 2. The van der Waals surface area contributed by atoms with E-state index in [4.69, 9.17) is 16.7 Å². The number of hydrogen-bond donors (Lipinski definition) is 1. The van der Waals surface area contributed by atoms with Crippen LogP contribution in [0.4, 0.5) is 0 Å². The summed E-state index contributed by atoms with van der Waals surface area (Å²) in [5.74, 6) is 0. The normalized spacial score (nSPS) is 13.5. The van der Waals surface area contributed by atoms with Gasteiger partial charge in [0.25, 0.3) is 0 Å². The van der Waals surface area contributed by atoms with E-state index in [1.807, 2.05) is 0 Å². The van der Waals surface area contributed by atoms with Crippen LogP contribution in [0.3, 0.4) is 0 Å². The summed E-state index contributed by atoms with van der Waals surface area (Å²) in [5.41, 5.74) is 0.625. The minimum atomic E-state index is -0.0438. The number of aliphatic hydroxyl groups excluding tert-OH is 1. The maximum atomic E-state index is 8.49. The average Bonchev–Trinajstić information content (AvgIpc) is 1.99. The third kappa shape index (κ3) is 4.30. The predicted molar refractivity (Wildman–Crippen MR) is 44.3 cm³/mol. The zero-order chi connectivity index (χ0) is 7.98. The van der Waals surface area contributed by atoms with Crippen molar-refractivity contribution in [1.82, 2.24) is 0 Å². The second-order valence-electron chi connectivity index (χ2n) is 1.74. The van der Waals surface area contributed by atoms with Crippen LogP contribution in [0.25, 0.3) is 0 Å². The SMILES string of the molecule is C=C/C(Cl)=C\N=C(C)CO. The fourth-order valence-electron chi connectivity index (χ4n) is 0.265. The molecule has 0 aliphatic rings. The van der Waals surface area contributed by atoms with E-state index >= 15 is 0 Å². The van der Waals surface area contributed by atoms with Crippen molar-refractivity contribution in [3.63, 3.8) is 0 Å². The molecule has 0 rings (SSSR count). The van der Waals surface area contributed by atoms with Crippen LogP contribution in [0.5, 0.6) is 0 Å². The van der Waals surface area contributed by atoms with Crippen LogP contribution < -0.4 is 0 Å². The molecule has 0 saturated carbocycles. The summed E-state index contributed by atoms with van der Waals surface area (Å²) in [7, 11) is 0. The van der Waals surface area contributed by atoms with E-state index in [1.54, 1.807) is 6.92 Å². The molecule has 56 valence electrons. The molecule has 0 aliphatic carbocycles. The van der Waals surface area contributed by atoms with Crippen molar-refractivity contribution in [2.45, 2.75) is 6.92 Å². The first-order valence-electron chi connectivity index (χ1n) is 2.83. The number of nitrogens with zero attached hydrogens (tertiary/aromatic N) is 1. The van der Waals surface area contributed by atoms with Gasteiger partial charge in [0, 0.05) is 11.9 Å². The molecule has 3 heteroatoms. The highest BCUT2D eigenvalue weighted by atomic mass is 35.5. The molecule has 1 N–H and O–H groups in total. The molecular weight excluding hydrogens is 150 g/mol. The van der Waals surface area contributed by atoms with E-state index in [2.05, 4.69) is 11.6 Å². The number of aliphatic imine (C=N–C) groups is 1. The molecule has 0 aromatic rings. The van der Waals surface area contributed by atoms with Gasteiger partial charge in [-0.15, -0.1) is 0 Å². The van der Waals surface area contributed by atoms with E-state index in [-0.39, 0.29) is 6.61 Å². The maximum absolute atomic E-state index is 8.49. The van der Waals surface area contributed by atoms with Crippen LogP contribution in [0.1, 0.15) is 6.92 Å². The first-order chi connectivity index (χ1) is 4.70. The highest BCUT2D eigenvalue weighted by molar-refractivity contribution is 6.31. The van der Waals surface area contributed by atoms with Gasteiger partial charge in [0.05, 0.1) is 11.6 Å². The monoisotopic (exact) mass is 159 g/mol. The zero-order valence-electron chi connectivity index (χ0n) is 5.84. The minimum absolute atomic E-state index is 0.0438. The van der Waals surface area contributed by atoms with Gasteiger partial charge in [-0.05, 0) is 13.0 Å². The third-order valence-electron chi connectivity index (χ3n) is 0.832. The lowest BCUT2D eigenvalue weighted by Gasteiger charge is -1.88. The Labute approximate surface area is 65.5 Å². The molecule has 0 spiro atoms. The van der Waals surface area contributed by atoms with Crippen molar-refractivity contribution in [3.05, 3.63) is 23.9 Å². The summed E-state index contributed by atoms with van der Waals surface area (Å²) in [6.07, 6.45) is 2.93. The smallest absolute Gasteiger partial charge is 0.0810 e. The Kier molecular flexibility index (Phi) is 4.89. The van der Waals surface area contributed by atoms with Gasteiger partial charge in [-0.3, -0.25) is 4.99 Å². The van der Waals surface area contributed by atoms with Gasteiger partial charge in [0.1, 0.15) is 0 Å². The van der Waals surface area contributed by atoms with Crippen LogP contribution in [-0.4, -0.2) is 17.4 Å². The van der Waals surface area contributed by atoms with E-state index in [9.17, 15) is 0 Å². The summed E-state index contributed by atoms with van der Waals surface area (Å²) in [4.78, 5) is 3.81. The molecule has 0 aliphatic heterocycles. The van der Waals surface area contributed by atoms with Crippen molar-refractivity contribution in [1.29, 1.82) is 0 Å². The average molecular weight is 160 g/mol. The second kappa shape index (κ2) is 5.21. The van der Waals surface area contributed by atoms with Crippen molar-refractivity contribution in [3.8, 4) is 0 Å². The van der Waals surface area contributed by atoms with Crippen molar-refractivity contribution >= 4 is 17.3 Å². The van der Waals surface area contributed by atoms with Crippen LogP contribution in [0.2, 0.25) is 0 Å². The van der Waals surface area contributed by atoms with Crippen LogP contribution in [-0.2, 0) is 0 Å². The molecule has 0 bridgehead atoms. The largest absolute Gasteiger partial charge is 0.390 e. The molecule has 2 nitrogen and oxygen atoms in total. The van der Waals surface area contributed by atoms with Gasteiger partial charge < -0.3 is 5.11 Å². The van der Waals surface area contributed by atoms with Gasteiger partial charge >= 0.3 is 0 Å².